The van der Waals surface area contributed by atoms with Gasteiger partial charge in [0.15, 0.2) is 0 Å². The Bertz CT molecular complexity index is 284. The predicted molar refractivity (Wildman–Crippen MR) is 66.3 cm³/mol. The quantitative estimate of drug-likeness (QED) is 0.801. The van der Waals surface area contributed by atoms with Crippen LogP contribution in [0, 0.1) is 5.92 Å². The summed E-state index contributed by atoms with van der Waals surface area (Å²) >= 11 is 0. The Hall–Kier alpha value is -0.860. The van der Waals surface area contributed by atoms with E-state index in [1.807, 2.05) is 37.3 Å². The molecule has 0 heterocycles. The Morgan fingerprint density at radius 1 is 1.19 bits per heavy atom. The fourth-order valence-electron chi connectivity index (χ4n) is 1.75. The van der Waals surface area contributed by atoms with Crippen LogP contribution in [0.3, 0.4) is 0 Å². The van der Waals surface area contributed by atoms with E-state index in [2.05, 4.69) is 13.8 Å². The highest BCUT2D eigenvalue weighted by molar-refractivity contribution is 5.18. The first kappa shape index (κ1) is 13.2. The Morgan fingerprint density at radius 2 is 1.81 bits per heavy atom. The average molecular weight is 222 g/mol. The van der Waals surface area contributed by atoms with Gasteiger partial charge in [0.2, 0.25) is 0 Å². The number of hydrogen-bond donors (Lipinski definition) is 1. The molecule has 0 aliphatic carbocycles. The van der Waals surface area contributed by atoms with Crippen molar-refractivity contribution in [2.75, 3.05) is 6.61 Å². The maximum atomic E-state index is 10.2. The number of rotatable bonds is 6. The smallest absolute Gasteiger partial charge is 0.109 e. The predicted octanol–water partition coefficient (Wildman–Crippen LogP) is 3.17. The van der Waals surface area contributed by atoms with Crippen LogP contribution in [0.1, 0.15) is 38.9 Å². The highest BCUT2D eigenvalue weighted by Gasteiger charge is 2.25. The van der Waals surface area contributed by atoms with Gasteiger partial charge in [-0.2, -0.15) is 0 Å². The molecule has 0 amide bonds. The number of hydrogen-bond acceptors (Lipinski definition) is 2. The highest BCUT2D eigenvalue weighted by Crippen LogP contribution is 2.26. The summed E-state index contributed by atoms with van der Waals surface area (Å²) in [6, 6.07) is 9.94. The van der Waals surface area contributed by atoms with Crippen molar-refractivity contribution in [2.45, 2.75) is 39.4 Å². The third kappa shape index (κ3) is 3.32. The lowest BCUT2D eigenvalue weighted by Gasteiger charge is -2.27. The van der Waals surface area contributed by atoms with Crippen molar-refractivity contribution in [3.63, 3.8) is 0 Å². The summed E-state index contributed by atoms with van der Waals surface area (Å²) in [7, 11) is 0. The summed E-state index contributed by atoms with van der Waals surface area (Å²) in [4.78, 5) is 0. The molecule has 0 aliphatic rings. The fourth-order valence-corrected chi connectivity index (χ4v) is 1.75. The molecule has 0 spiro atoms. The maximum Gasteiger partial charge on any atom is 0.109 e. The molecule has 2 nitrogen and oxygen atoms in total. The molecule has 0 aromatic heterocycles. The standard InChI is InChI=1S/C14H22O2/c1-4-11(3)13(15)14(16-5-2)12-9-7-6-8-10-12/h6-11,13-15H,4-5H2,1-3H3. The maximum absolute atomic E-state index is 10.2. The number of aliphatic hydroxyl groups excluding tert-OH is 1. The second-order valence-electron chi connectivity index (χ2n) is 4.16. The molecule has 2 heteroatoms. The molecule has 1 rings (SSSR count). The summed E-state index contributed by atoms with van der Waals surface area (Å²) < 4.78 is 5.66. The van der Waals surface area contributed by atoms with Crippen LogP contribution in [0.15, 0.2) is 30.3 Å². The molecule has 0 fully saturated rings. The van der Waals surface area contributed by atoms with Crippen molar-refractivity contribution >= 4 is 0 Å². The summed E-state index contributed by atoms with van der Waals surface area (Å²) in [5.41, 5.74) is 1.05. The molecule has 1 N–H and O–H groups in total. The molecule has 0 saturated carbocycles. The van der Waals surface area contributed by atoms with E-state index in [9.17, 15) is 5.11 Å². The summed E-state index contributed by atoms with van der Waals surface area (Å²) in [5.74, 6) is 0.247. The van der Waals surface area contributed by atoms with Gasteiger partial charge in [-0.3, -0.25) is 0 Å². The van der Waals surface area contributed by atoms with Gasteiger partial charge in [0, 0.05) is 6.61 Å². The minimum absolute atomic E-state index is 0.207. The molecule has 1 aromatic rings. The van der Waals surface area contributed by atoms with Crippen LogP contribution < -0.4 is 0 Å². The Labute approximate surface area is 98.3 Å². The van der Waals surface area contributed by atoms with Gasteiger partial charge < -0.3 is 9.84 Å². The molecule has 0 radical (unpaired) electrons. The SMILES string of the molecule is CCOC(c1ccccc1)C(O)C(C)CC. The molecule has 3 unspecified atom stereocenters. The van der Waals surface area contributed by atoms with Gasteiger partial charge in [0.25, 0.3) is 0 Å². The molecular formula is C14H22O2. The van der Waals surface area contributed by atoms with E-state index in [0.29, 0.717) is 6.61 Å². The van der Waals surface area contributed by atoms with Crippen molar-refractivity contribution in [2.24, 2.45) is 5.92 Å². The normalized spacial score (nSPS) is 16.8. The van der Waals surface area contributed by atoms with E-state index in [1.54, 1.807) is 0 Å². The second kappa shape index (κ2) is 6.66. The zero-order chi connectivity index (χ0) is 12.0. The van der Waals surface area contributed by atoms with Crippen LogP contribution in [-0.4, -0.2) is 17.8 Å². The fraction of sp³-hybridized carbons (Fsp3) is 0.571. The summed E-state index contributed by atoms with van der Waals surface area (Å²) in [6.07, 6.45) is 0.311. The first-order chi connectivity index (χ1) is 7.70. The Morgan fingerprint density at radius 3 is 2.31 bits per heavy atom. The van der Waals surface area contributed by atoms with Gasteiger partial charge in [-0.05, 0) is 18.4 Å². The van der Waals surface area contributed by atoms with Gasteiger partial charge in [0.1, 0.15) is 6.10 Å². The third-order valence-electron chi connectivity index (χ3n) is 3.01. The Kier molecular flexibility index (Phi) is 5.50. The molecule has 90 valence electrons. The lowest BCUT2D eigenvalue weighted by Crippen LogP contribution is -2.27. The van der Waals surface area contributed by atoms with Crippen LogP contribution in [0.5, 0.6) is 0 Å². The molecule has 1 aromatic carbocycles. The zero-order valence-electron chi connectivity index (χ0n) is 10.4. The van der Waals surface area contributed by atoms with E-state index in [4.69, 9.17) is 4.74 Å². The minimum Gasteiger partial charge on any atom is -0.390 e. The Balaban J connectivity index is 2.82. The van der Waals surface area contributed by atoms with E-state index in [-0.39, 0.29) is 12.0 Å². The lowest BCUT2D eigenvalue weighted by atomic mass is 9.93. The van der Waals surface area contributed by atoms with Gasteiger partial charge >= 0.3 is 0 Å². The monoisotopic (exact) mass is 222 g/mol. The molecular weight excluding hydrogens is 200 g/mol. The van der Waals surface area contributed by atoms with E-state index in [0.717, 1.165) is 12.0 Å². The average Bonchev–Trinajstić information content (AvgIpc) is 2.35. The lowest BCUT2D eigenvalue weighted by molar-refractivity contribution is -0.0579. The topological polar surface area (TPSA) is 29.5 Å². The largest absolute Gasteiger partial charge is 0.390 e. The summed E-state index contributed by atoms with van der Waals surface area (Å²) in [5, 5.41) is 10.2. The van der Waals surface area contributed by atoms with Crippen molar-refractivity contribution in [1.29, 1.82) is 0 Å². The van der Waals surface area contributed by atoms with Crippen molar-refractivity contribution in [3.8, 4) is 0 Å². The first-order valence-corrected chi connectivity index (χ1v) is 6.05. The number of ether oxygens (including phenoxy) is 1. The second-order valence-corrected chi connectivity index (χ2v) is 4.16. The van der Waals surface area contributed by atoms with Gasteiger partial charge in [-0.15, -0.1) is 0 Å². The van der Waals surface area contributed by atoms with E-state index in [1.165, 1.54) is 0 Å². The van der Waals surface area contributed by atoms with Crippen molar-refractivity contribution < 1.29 is 9.84 Å². The molecule has 0 bridgehead atoms. The van der Waals surface area contributed by atoms with Gasteiger partial charge in [-0.1, -0.05) is 50.6 Å². The molecule has 0 aliphatic heterocycles. The van der Waals surface area contributed by atoms with E-state index < -0.39 is 6.10 Å². The molecule has 0 saturated heterocycles. The highest BCUT2D eigenvalue weighted by atomic mass is 16.5. The van der Waals surface area contributed by atoms with E-state index >= 15 is 0 Å². The molecule has 3 atom stereocenters. The summed E-state index contributed by atoms with van der Waals surface area (Å²) in [6.45, 7) is 6.72. The van der Waals surface area contributed by atoms with Crippen LogP contribution in [0.4, 0.5) is 0 Å². The van der Waals surface area contributed by atoms with Crippen LogP contribution in [-0.2, 0) is 4.74 Å². The zero-order valence-corrected chi connectivity index (χ0v) is 10.4. The van der Waals surface area contributed by atoms with Gasteiger partial charge in [-0.25, -0.2) is 0 Å². The van der Waals surface area contributed by atoms with Crippen LogP contribution in [0.25, 0.3) is 0 Å². The number of benzene rings is 1. The first-order valence-electron chi connectivity index (χ1n) is 6.05. The van der Waals surface area contributed by atoms with Gasteiger partial charge in [0.05, 0.1) is 6.10 Å². The third-order valence-corrected chi connectivity index (χ3v) is 3.01. The number of aliphatic hydroxyl groups is 1. The van der Waals surface area contributed by atoms with Crippen LogP contribution in [0.2, 0.25) is 0 Å². The minimum atomic E-state index is -0.438. The molecule has 16 heavy (non-hydrogen) atoms. The van der Waals surface area contributed by atoms with Crippen LogP contribution >= 0.6 is 0 Å². The van der Waals surface area contributed by atoms with Crippen molar-refractivity contribution in [3.05, 3.63) is 35.9 Å². The van der Waals surface area contributed by atoms with Crippen molar-refractivity contribution in [1.82, 2.24) is 0 Å².